The van der Waals surface area contributed by atoms with Crippen LogP contribution >= 0.6 is 0 Å². The molecule has 6 heteroatoms. The Labute approximate surface area is 107 Å². The first-order valence-corrected chi connectivity index (χ1v) is 7.09. The van der Waals surface area contributed by atoms with Crippen molar-refractivity contribution in [2.45, 2.75) is 20.8 Å². The maximum atomic E-state index is 11.9. The van der Waals surface area contributed by atoms with Gasteiger partial charge in [0.25, 0.3) is 0 Å². The van der Waals surface area contributed by atoms with Crippen LogP contribution in [0.15, 0.2) is 24.3 Å². The van der Waals surface area contributed by atoms with Crippen LogP contribution in [-0.2, 0) is 10.0 Å². The summed E-state index contributed by atoms with van der Waals surface area (Å²) in [6.45, 7) is 5.40. The Balaban J connectivity index is 3.02. The molecule has 1 rings (SSSR count). The highest BCUT2D eigenvalue weighted by Gasteiger charge is 2.23. The molecule has 0 aliphatic rings. The van der Waals surface area contributed by atoms with E-state index in [0.717, 1.165) is 0 Å². The van der Waals surface area contributed by atoms with Gasteiger partial charge in [-0.2, -0.15) is 0 Å². The van der Waals surface area contributed by atoms with E-state index in [1.165, 1.54) is 12.1 Å². The highest BCUT2D eigenvalue weighted by molar-refractivity contribution is 7.92. The number of hydrogen-bond acceptors (Lipinski definition) is 3. The molecule has 0 amide bonds. The largest absolute Gasteiger partial charge is 0.478 e. The fourth-order valence-electron chi connectivity index (χ4n) is 1.53. The fraction of sp³-hybridized carbons (Fsp3) is 0.417. The minimum absolute atomic E-state index is 0.0602. The topological polar surface area (TPSA) is 83.5 Å². The van der Waals surface area contributed by atoms with E-state index in [1.807, 2.05) is 0 Å². The quantitative estimate of drug-likeness (QED) is 0.879. The molecule has 2 N–H and O–H groups in total. The first-order valence-electron chi connectivity index (χ1n) is 5.43. The molecule has 100 valence electrons. The normalized spacial score (nSPS) is 12.2. The summed E-state index contributed by atoms with van der Waals surface area (Å²) in [4.78, 5) is 11.0. The number of sulfonamides is 1. The molecule has 1 aromatic carbocycles. The molecule has 0 aromatic heterocycles. The highest BCUT2D eigenvalue weighted by atomic mass is 32.2. The van der Waals surface area contributed by atoms with Crippen molar-refractivity contribution in [3.05, 3.63) is 29.8 Å². The van der Waals surface area contributed by atoms with Crippen LogP contribution in [0.2, 0.25) is 0 Å². The third kappa shape index (κ3) is 4.37. The number of aromatic carboxylic acids is 1. The molecule has 0 atom stereocenters. The second-order valence-corrected chi connectivity index (χ2v) is 6.99. The Morgan fingerprint density at radius 1 is 1.28 bits per heavy atom. The summed E-state index contributed by atoms with van der Waals surface area (Å²) in [5, 5.41) is 8.96. The number of para-hydroxylation sites is 1. The second kappa shape index (κ2) is 4.97. The van der Waals surface area contributed by atoms with Gasteiger partial charge in [0.05, 0.1) is 17.0 Å². The van der Waals surface area contributed by atoms with E-state index in [-0.39, 0.29) is 17.0 Å². The lowest BCUT2D eigenvalue weighted by Gasteiger charge is -2.19. The number of carboxylic acids is 1. The molecule has 0 spiro atoms. The zero-order valence-corrected chi connectivity index (χ0v) is 11.4. The van der Waals surface area contributed by atoms with Crippen molar-refractivity contribution in [1.29, 1.82) is 0 Å². The summed E-state index contributed by atoms with van der Waals surface area (Å²) in [5.74, 6) is -1.24. The molecule has 0 heterocycles. The average molecular weight is 271 g/mol. The Bertz CT molecular complexity index is 543. The Morgan fingerprint density at radius 2 is 1.83 bits per heavy atom. The molecule has 0 saturated heterocycles. The summed E-state index contributed by atoms with van der Waals surface area (Å²) in [7, 11) is -3.56. The van der Waals surface area contributed by atoms with E-state index in [2.05, 4.69) is 4.72 Å². The van der Waals surface area contributed by atoms with Gasteiger partial charge >= 0.3 is 5.97 Å². The van der Waals surface area contributed by atoms with Gasteiger partial charge in [0, 0.05) is 0 Å². The molecule has 18 heavy (non-hydrogen) atoms. The zero-order chi connectivity index (χ0) is 14.0. The van der Waals surface area contributed by atoms with Crippen LogP contribution in [0.5, 0.6) is 0 Å². The van der Waals surface area contributed by atoms with Crippen molar-refractivity contribution in [3.8, 4) is 0 Å². The van der Waals surface area contributed by atoms with Gasteiger partial charge in [-0.15, -0.1) is 0 Å². The lowest BCUT2D eigenvalue weighted by atomic mass is 10.0. The van der Waals surface area contributed by atoms with Crippen molar-refractivity contribution in [1.82, 2.24) is 0 Å². The highest BCUT2D eigenvalue weighted by Crippen LogP contribution is 2.21. The van der Waals surface area contributed by atoms with Crippen molar-refractivity contribution in [3.63, 3.8) is 0 Å². The number of nitrogens with one attached hydrogen (secondary N) is 1. The number of hydrogen-bond donors (Lipinski definition) is 2. The summed E-state index contributed by atoms with van der Waals surface area (Å²) in [6.07, 6.45) is 0. The predicted octanol–water partition coefficient (Wildman–Crippen LogP) is 2.17. The van der Waals surface area contributed by atoms with Crippen LogP contribution < -0.4 is 4.72 Å². The molecule has 0 radical (unpaired) electrons. The Kier molecular flexibility index (Phi) is 4.01. The lowest BCUT2D eigenvalue weighted by molar-refractivity contribution is 0.0698. The van der Waals surface area contributed by atoms with E-state index in [1.54, 1.807) is 32.9 Å². The zero-order valence-electron chi connectivity index (χ0n) is 10.6. The standard InChI is InChI=1S/C12H17NO4S/c1-12(2,3)8-18(16,17)13-10-7-5-4-6-9(10)11(14)15/h4-7,13H,8H2,1-3H3,(H,14,15). The van der Waals surface area contributed by atoms with Gasteiger partial charge in [-0.05, 0) is 17.5 Å². The Morgan fingerprint density at radius 3 is 2.33 bits per heavy atom. The minimum atomic E-state index is -3.56. The van der Waals surface area contributed by atoms with Gasteiger partial charge in [0.15, 0.2) is 0 Å². The molecule has 0 aliphatic heterocycles. The van der Waals surface area contributed by atoms with E-state index in [9.17, 15) is 13.2 Å². The van der Waals surface area contributed by atoms with E-state index >= 15 is 0 Å². The van der Waals surface area contributed by atoms with Crippen LogP contribution in [0.1, 0.15) is 31.1 Å². The summed E-state index contributed by atoms with van der Waals surface area (Å²) >= 11 is 0. The fourth-order valence-corrected chi connectivity index (χ4v) is 3.26. The number of carboxylic acid groups (broad SMARTS) is 1. The third-order valence-electron chi connectivity index (χ3n) is 2.05. The van der Waals surface area contributed by atoms with Crippen LogP contribution in [0.4, 0.5) is 5.69 Å². The SMILES string of the molecule is CC(C)(C)CS(=O)(=O)Nc1ccccc1C(=O)O. The van der Waals surface area contributed by atoms with Gasteiger partial charge in [-0.3, -0.25) is 4.72 Å². The summed E-state index contributed by atoms with van der Waals surface area (Å²) in [5.41, 5.74) is -0.367. The smallest absolute Gasteiger partial charge is 0.337 e. The van der Waals surface area contributed by atoms with Gasteiger partial charge in [-0.1, -0.05) is 32.9 Å². The summed E-state index contributed by atoms with van der Waals surface area (Å²) in [6, 6.07) is 5.92. The van der Waals surface area contributed by atoms with Crippen LogP contribution in [-0.4, -0.2) is 25.2 Å². The molecule has 0 saturated carbocycles. The number of carbonyl (C=O) groups is 1. The van der Waals surface area contributed by atoms with Gasteiger partial charge in [0.2, 0.25) is 10.0 Å². The van der Waals surface area contributed by atoms with Crippen molar-refractivity contribution < 1.29 is 18.3 Å². The third-order valence-corrected chi connectivity index (χ3v) is 3.82. The predicted molar refractivity (Wildman–Crippen MR) is 70.3 cm³/mol. The minimum Gasteiger partial charge on any atom is -0.478 e. The van der Waals surface area contributed by atoms with Crippen molar-refractivity contribution in [2.24, 2.45) is 5.41 Å². The van der Waals surface area contributed by atoms with Crippen molar-refractivity contribution >= 4 is 21.7 Å². The van der Waals surface area contributed by atoms with E-state index in [4.69, 9.17) is 5.11 Å². The molecule has 0 bridgehead atoms. The summed E-state index contributed by atoms with van der Waals surface area (Å²) < 4.78 is 26.1. The van der Waals surface area contributed by atoms with Gasteiger partial charge < -0.3 is 5.11 Å². The molecule has 5 nitrogen and oxygen atoms in total. The second-order valence-electron chi connectivity index (χ2n) is 5.27. The average Bonchev–Trinajstić information content (AvgIpc) is 2.13. The molecular formula is C12H17NO4S. The van der Waals surface area contributed by atoms with E-state index in [0.29, 0.717) is 0 Å². The first kappa shape index (κ1) is 14.5. The van der Waals surface area contributed by atoms with Crippen LogP contribution in [0.25, 0.3) is 0 Å². The van der Waals surface area contributed by atoms with Crippen LogP contribution in [0.3, 0.4) is 0 Å². The molecular weight excluding hydrogens is 254 g/mol. The van der Waals surface area contributed by atoms with Crippen LogP contribution in [0, 0.1) is 5.41 Å². The molecule has 0 fully saturated rings. The van der Waals surface area contributed by atoms with E-state index < -0.39 is 21.4 Å². The first-order chi connectivity index (χ1) is 8.11. The number of anilines is 1. The number of benzene rings is 1. The number of rotatable bonds is 4. The maximum absolute atomic E-state index is 11.9. The molecule has 0 aliphatic carbocycles. The Hall–Kier alpha value is -1.56. The molecule has 1 aromatic rings. The monoisotopic (exact) mass is 271 g/mol. The molecule has 0 unspecified atom stereocenters. The van der Waals surface area contributed by atoms with Gasteiger partial charge in [0.1, 0.15) is 0 Å². The lowest BCUT2D eigenvalue weighted by Crippen LogP contribution is -2.26. The van der Waals surface area contributed by atoms with Gasteiger partial charge in [-0.25, -0.2) is 13.2 Å². The van der Waals surface area contributed by atoms with Crippen molar-refractivity contribution in [2.75, 3.05) is 10.5 Å². The maximum Gasteiger partial charge on any atom is 0.337 e.